The van der Waals surface area contributed by atoms with Crippen molar-refractivity contribution < 1.29 is 8.42 Å². The summed E-state index contributed by atoms with van der Waals surface area (Å²) >= 11 is 1.78. The van der Waals surface area contributed by atoms with Crippen molar-refractivity contribution in [3.63, 3.8) is 0 Å². The first-order valence-electron chi connectivity index (χ1n) is 6.01. The maximum Gasteiger partial charge on any atom is 0.241 e. The Labute approximate surface area is 112 Å². The molecule has 0 saturated carbocycles. The summed E-state index contributed by atoms with van der Waals surface area (Å²) in [5.41, 5.74) is 6.98. The first kappa shape index (κ1) is 13.7. The molecular weight excluding hydrogens is 268 g/mol. The Balaban J connectivity index is 2.30. The van der Waals surface area contributed by atoms with Crippen LogP contribution in [-0.4, -0.2) is 26.0 Å². The second-order valence-electron chi connectivity index (χ2n) is 4.40. The topological polar surface area (TPSA) is 72.2 Å². The van der Waals surface area contributed by atoms with E-state index in [-0.39, 0.29) is 6.04 Å². The molecule has 0 aromatic heterocycles. The highest BCUT2D eigenvalue weighted by Gasteiger charge is 2.24. The molecule has 0 amide bonds. The largest absolute Gasteiger partial charge is 0.399 e. The number of anilines is 1. The van der Waals surface area contributed by atoms with Crippen molar-refractivity contribution in [3.8, 4) is 0 Å². The van der Waals surface area contributed by atoms with Gasteiger partial charge >= 0.3 is 0 Å². The number of sulfonamides is 1. The first-order valence-corrected chi connectivity index (χ1v) is 8.65. The van der Waals surface area contributed by atoms with Gasteiger partial charge in [0, 0.05) is 17.5 Å². The summed E-state index contributed by atoms with van der Waals surface area (Å²) in [7, 11) is -3.45. The number of nitrogens with one attached hydrogen (secondary N) is 1. The van der Waals surface area contributed by atoms with Crippen molar-refractivity contribution in [1.82, 2.24) is 4.72 Å². The van der Waals surface area contributed by atoms with Gasteiger partial charge in [0.05, 0.1) is 4.90 Å². The zero-order valence-corrected chi connectivity index (χ0v) is 12.0. The highest BCUT2D eigenvalue weighted by atomic mass is 32.2. The molecule has 18 heavy (non-hydrogen) atoms. The fourth-order valence-corrected chi connectivity index (χ4v) is 4.90. The van der Waals surface area contributed by atoms with E-state index in [0.29, 0.717) is 17.0 Å². The van der Waals surface area contributed by atoms with Gasteiger partial charge in [-0.05, 0) is 36.3 Å². The fraction of sp³-hybridized carbons (Fsp3) is 0.500. The van der Waals surface area contributed by atoms with E-state index in [1.807, 2.05) is 6.92 Å². The monoisotopic (exact) mass is 286 g/mol. The lowest BCUT2D eigenvalue weighted by Gasteiger charge is -2.14. The quantitative estimate of drug-likeness (QED) is 0.825. The zero-order chi connectivity index (χ0) is 13.2. The second-order valence-corrected chi connectivity index (χ2v) is 7.23. The van der Waals surface area contributed by atoms with E-state index in [1.165, 1.54) is 0 Å². The van der Waals surface area contributed by atoms with Gasteiger partial charge in [0.15, 0.2) is 0 Å². The Morgan fingerprint density at radius 3 is 2.89 bits per heavy atom. The van der Waals surface area contributed by atoms with E-state index in [0.717, 1.165) is 23.5 Å². The van der Waals surface area contributed by atoms with E-state index >= 15 is 0 Å². The molecule has 6 heteroatoms. The number of aryl methyl sites for hydroxylation is 1. The van der Waals surface area contributed by atoms with E-state index in [4.69, 9.17) is 5.73 Å². The number of nitrogens with two attached hydrogens (primary N) is 1. The molecule has 4 nitrogen and oxygen atoms in total. The van der Waals surface area contributed by atoms with E-state index < -0.39 is 10.0 Å². The zero-order valence-electron chi connectivity index (χ0n) is 10.3. The van der Waals surface area contributed by atoms with Crippen LogP contribution >= 0.6 is 11.8 Å². The van der Waals surface area contributed by atoms with Gasteiger partial charge in [0.2, 0.25) is 10.0 Å². The van der Waals surface area contributed by atoms with Gasteiger partial charge in [-0.15, -0.1) is 0 Å². The average Bonchev–Trinajstić information content (AvgIpc) is 2.81. The molecule has 1 saturated heterocycles. The molecule has 1 atom stereocenters. The van der Waals surface area contributed by atoms with Gasteiger partial charge in [-0.3, -0.25) is 0 Å². The molecule has 1 aliphatic rings. The number of hydrogen-bond donors (Lipinski definition) is 2. The summed E-state index contributed by atoms with van der Waals surface area (Å²) < 4.78 is 27.5. The SMILES string of the molecule is CCc1ccc(N)cc1S(=O)(=O)NC1CCSC1. The molecule has 1 aromatic carbocycles. The minimum Gasteiger partial charge on any atom is -0.399 e. The summed E-state index contributed by atoms with van der Waals surface area (Å²) in [4.78, 5) is 0.321. The molecule has 2 rings (SSSR count). The lowest BCUT2D eigenvalue weighted by Crippen LogP contribution is -2.35. The molecule has 0 spiro atoms. The minimum atomic E-state index is -3.45. The lowest BCUT2D eigenvalue weighted by atomic mass is 10.1. The van der Waals surface area contributed by atoms with Gasteiger partial charge < -0.3 is 5.73 Å². The number of rotatable bonds is 4. The van der Waals surface area contributed by atoms with Crippen molar-refractivity contribution >= 4 is 27.5 Å². The smallest absolute Gasteiger partial charge is 0.241 e. The normalized spacial score (nSPS) is 20.2. The van der Waals surface area contributed by atoms with Gasteiger partial charge in [0.25, 0.3) is 0 Å². The predicted octanol–water partition coefficient (Wildman–Crippen LogP) is 1.61. The third kappa shape index (κ3) is 2.99. The van der Waals surface area contributed by atoms with Crippen LogP contribution in [0.25, 0.3) is 0 Å². The molecule has 1 aromatic rings. The van der Waals surface area contributed by atoms with Crippen LogP contribution in [0.15, 0.2) is 23.1 Å². The summed E-state index contributed by atoms with van der Waals surface area (Å²) in [6, 6.07) is 5.12. The molecule has 1 aliphatic heterocycles. The lowest BCUT2D eigenvalue weighted by molar-refractivity contribution is 0.562. The second kappa shape index (κ2) is 5.50. The Morgan fingerprint density at radius 2 is 2.28 bits per heavy atom. The molecule has 1 heterocycles. The Kier molecular flexibility index (Phi) is 4.19. The summed E-state index contributed by atoms with van der Waals surface area (Å²) in [6.07, 6.45) is 1.57. The van der Waals surface area contributed by atoms with Gasteiger partial charge in [0.1, 0.15) is 0 Å². The Hall–Kier alpha value is -0.720. The summed E-state index contributed by atoms with van der Waals surface area (Å²) in [5, 5.41) is 0. The van der Waals surface area contributed by atoms with Crippen LogP contribution in [0.5, 0.6) is 0 Å². The molecule has 3 N–H and O–H groups in total. The van der Waals surface area contributed by atoms with Crippen LogP contribution in [0.4, 0.5) is 5.69 Å². The molecule has 1 fully saturated rings. The Morgan fingerprint density at radius 1 is 1.50 bits per heavy atom. The van der Waals surface area contributed by atoms with Crippen LogP contribution in [-0.2, 0) is 16.4 Å². The highest BCUT2D eigenvalue weighted by molar-refractivity contribution is 7.99. The standard InChI is InChI=1S/C12H18N2O2S2/c1-2-9-3-4-10(13)7-12(9)18(15,16)14-11-5-6-17-8-11/h3-4,7,11,14H,2,5-6,8,13H2,1H3. The number of hydrogen-bond acceptors (Lipinski definition) is 4. The van der Waals surface area contributed by atoms with Crippen LogP contribution in [0.1, 0.15) is 18.9 Å². The predicted molar refractivity (Wildman–Crippen MR) is 76.3 cm³/mol. The van der Waals surface area contributed by atoms with Crippen molar-refractivity contribution in [1.29, 1.82) is 0 Å². The maximum absolute atomic E-state index is 12.3. The van der Waals surface area contributed by atoms with Crippen LogP contribution in [0.2, 0.25) is 0 Å². The highest BCUT2D eigenvalue weighted by Crippen LogP contribution is 2.23. The molecule has 100 valence electrons. The van der Waals surface area contributed by atoms with E-state index in [2.05, 4.69) is 4.72 Å². The van der Waals surface area contributed by atoms with Crippen molar-refractivity contribution in [3.05, 3.63) is 23.8 Å². The van der Waals surface area contributed by atoms with Gasteiger partial charge in [-0.1, -0.05) is 13.0 Å². The fourth-order valence-electron chi connectivity index (χ4n) is 2.02. The molecule has 0 radical (unpaired) electrons. The van der Waals surface area contributed by atoms with Crippen LogP contribution in [0.3, 0.4) is 0 Å². The summed E-state index contributed by atoms with van der Waals surface area (Å²) in [6.45, 7) is 1.94. The molecular formula is C12H18N2O2S2. The average molecular weight is 286 g/mol. The third-order valence-electron chi connectivity index (χ3n) is 3.01. The van der Waals surface area contributed by atoms with Gasteiger partial charge in [-0.25, -0.2) is 13.1 Å². The van der Waals surface area contributed by atoms with Crippen LogP contribution < -0.4 is 10.5 Å². The molecule has 0 aliphatic carbocycles. The number of benzene rings is 1. The molecule has 0 bridgehead atoms. The number of nitrogen functional groups attached to an aromatic ring is 1. The maximum atomic E-state index is 12.3. The van der Waals surface area contributed by atoms with E-state index in [1.54, 1.807) is 30.0 Å². The summed E-state index contributed by atoms with van der Waals surface area (Å²) in [5.74, 6) is 1.87. The van der Waals surface area contributed by atoms with Crippen molar-refractivity contribution in [2.24, 2.45) is 0 Å². The van der Waals surface area contributed by atoms with Crippen molar-refractivity contribution in [2.45, 2.75) is 30.7 Å². The van der Waals surface area contributed by atoms with Gasteiger partial charge in [-0.2, -0.15) is 11.8 Å². The van der Waals surface area contributed by atoms with E-state index in [9.17, 15) is 8.42 Å². The van der Waals surface area contributed by atoms with Crippen LogP contribution in [0, 0.1) is 0 Å². The molecule has 1 unspecified atom stereocenters. The third-order valence-corrected chi connectivity index (χ3v) is 5.78. The van der Waals surface area contributed by atoms with Crippen molar-refractivity contribution in [2.75, 3.05) is 17.2 Å². The Bertz CT molecular complexity index is 523. The number of thioether (sulfide) groups is 1. The first-order chi connectivity index (χ1) is 8.53. The minimum absolute atomic E-state index is 0.0473.